The maximum atomic E-state index is 11.4. The number of nitrogens with zero attached hydrogens (tertiary/aromatic N) is 4. The Morgan fingerprint density at radius 3 is 3.00 bits per heavy atom. The van der Waals surface area contributed by atoms with Gasteiger partial charge in [0.15, 0.2) is 5.82 Å². The molecule has 1 N–H and O–H groups in total. The first kappa shape index (κ1) is 12.9. The summed E-state index contributed by atoms with van der Waals surface area (Å²) in [5.41, 5.74) is 0. The molecule has 2 rings (SSSR count). The van der Waals surface area contributed by atoms with Crippen LogP contribution in [0.3, 0.4) is 0 Å². The Morgan fingerprint density at radius 1 is 1.50 bits per heavy atom. The first-order valence-electron chi connectivity index (χ1n) is 6.42. The van der Waals surface area contributed by atoms with Gasteiger partial charge in [0.1, 0.15) is 6.61 Å². The van der Waals surface area contributed by atoms with Gasteiger partial charge in [-0.2, -0.15) is 0 Å². The van der Waals surface area contributed by atoms with E-state index in [0.29, 0.717) is 25.0 Å². The molecule has 7 heteroatoms. The largest absolute Gasteiger partial charge is 0.372 e. The lowest BCUT2D eigenvalue weighted by Crippen LogP contribution is -2.29. The zero-order valence-corrected chi connectivity index (χ0v) is 10.6. The number of rotatable bonds is 6. The summed E-state index contributed by atoms with van der Waals surface area (Å²) < 4.78 is 6.87. The molecular weight excluding hydrogens is 234 g/mol. The minimum absolute atomic E-state index is 0.0848. The van der Waals surface area contributed by atoms with Crippen molar-refractivity contribution in [1.29, 1.82) is 0 Å². The number of ether oxygens (including phenoxy) is 1. The van der Waals surface area contributed by atoms with E-state index in [1.165, 1.54) is 12.8 Å². The zero-order chi connectivity index (χ0) is 12.8. The predicted molar refractivity (Wildman–Crippen MR) is 63.7 cm³/mol. The van der Waals surface area contributed by atoms with Crippen molar-refractivity contribution in [3.05, 3.63) is 5.82 Å². The van der Waals surface area contributed by atoms with Gasteiger partial charge in [0.05, 0.1) is 12.6 Å². The number of hydrogen-bond donors (Lipinski definition) is 1. The average Bonchev–Trinajstić information content (AvgIpc) is 3.03. The Balaban J connectivity index is 1.85. The second kappa shape index (κ2) is 6.44. The topological polar surface area (TPSA) is 81.9 Å². The molecule has 0 radical (unpaired) electrons. The fourth-order valence-electron chi connectivity index (χ4n) is 2.18. The second-order valence-corrected chi connectivity index (χ2v) is 4.39. The molecule has 1 saturated carbocycles. The molecule has 0 spiro atoms. The molecule has 0 saturated heterocycles. The van der Waals surface area contributed by atoms with Gasteiger partial charge < -0.3 is 10.1 Å². The summed E-state index contributed by atoms with van der Waals surface area (Å²) in [6.45, 7) is 2.83. The van der Waals surface area contributed by atoms with Crippen LogP contribution >= 0.6 is 0 Å². The number of aromatic nitrogens is 4. The second-order valence-electron chi connectivity index (χ2n) is 4.39. The Kier molecular flexibility index (Phi) is 4.63. The van der Waals surface area contributed by atoms with E-state index in [1.807, 2.05) is 11.6 Å². The molecule has 1 aliphatic carbocycles. The summed E-state index contributed by atoms with van der Waals surface area (Å²) in [5, 5.41) is 14.4. The van der Waals surface area contributed by atoms with Crippen LogP contribution in [0.25, 0.3) is 0 Å². The fourth-order valence-corrected chi connectivity index (χ4v) is 2.18. The lowest BCUT2D eigenvalue weighted by atomic mass is 10.2. The van der Waals surface area contributed by atoms with E-state index in [0.717, 1.165) is 12.8 Å². The summed E-state index contributed by atoms with van der Waals surface area (Å²) in [7, 11) is 0. The molecule has 18 heavy (non-hydrogen) atoms. The third-order valence-electron chi connectivity index (χ3n) is 3.11. The smallest absolute Gasteiger partial charge is 0.246 e. The molecule has 1 fully saturated rings. The van der Waals surface area contributed by atoms with E-state index in [4.69, 9.17) is 4.74 Å². The number of carbonyl (C=O) groups excluding carboxylic acids is 1. The van der Waals surface area contributed by atoms with Crippen LogP contribution in [0.4, 0.5) is 0 Å². The SMILES string of the molecule is CCOCC(=O)NCc1nnnn1C1CCCC1. The van der Waals surface area contributed by atoms with Gasteiger partial charge in [-0.25, -0.2) is 4.68 Å². The van der Waals surface area contributed by atoms with Gasteiger partial charge in [0.2, 0.25) is 5.91 Å². The highest BCUT2D eigenvalue weighted by atomic mass is 16.5. The quantitative estimate of drug-likeness (QED) is 0.795. The van der Waals surface area contributed by atoms with Crippen molar-refractivity contribution >= 4 is 5.91 Å². The van der Waals surface area contributed by atoms with Crippen molar-refractivity contribution in [2.75, 3.05) is 13.2 Å². The first-order chi connectivity index (χ1) is 8.81. The molecule has 0 aliphatic heterocycles. The van der Waals surface area contributed by atoms with Crippen LogP contribution in [-0.2, 0) is 16.1 Å². The number of hydrogen-bond acceptors (Lipinski definition) is 5. The predicted octanol–water partition coefficient (Wildman–Crippen LogP) is 0.441. The van der Waals surface area contributed by atoms with Crippen molar-refractivity contribution < 1.29 is 9.53 Å². The van der Waals surface area contributed by atoms with E-state index < -0.39 is 0 Å². The maximum Gasteiger partial charge on any atom is 0.246 e. The van der Waals surface area contributed by atoms with Crippen molar-refractivity contribution in [2.45, 2.75) is 45.2 Å². The van der Waals surface area contributed by atoms with Gasteiger partial charge in [0.25, 0.3) is 0 Å². The van der Waals surface area contributed by atoms with E-state index >= 15 is 0 Å². The molecular formula is C11H19N5O2. The lowest BCUT2D eigenvalue weighted by molar-refractivity contribution is -0.125. The normalized spacial score (nSPS) is 16.1. The van der Waals surface area contributed by atoms with Gasteiger partial charge in [0, 0.05) is 6.61 Å². The van der Waals surface area contributed by atoms with Crippen molar-refractivity contribution in [3.8, 4) is 0 Å². The zero-order valence-electron chi connectivity index (χ0n) is 10.6. The molecule has 0 aromatic carbocycles. The number of amides is 1. The third kappa shape index (κ3) is 3.25. The first-order valence-corrected chi connectivity index (χ1v) is 6.42. The fraction of sp³-hybridized carbons (Fsp3) is 0.818. The minimum atomic E-state index is -0.141. The standard InChI is InChI=1S/C11H19N5O2/c1-2-18-8-11(17)12-7-10-13-14-15-16(10)9-5-3-4-6-9/h9H,2-8H2,1H3,(H,12,17). The summed E-state index contributed by atoms with van der Waals surface area (Å²) in [6, 6.07) is 0.388. The maximum absolute atomic E-state index is 11.4. The summed E-state index contributed by atoms with van der Waals surface area (Å²) in [4.78, 5) is 11.4. The highest BCUT2D eigenvalue weighted by Gasteiger charge is 2.21. The number of tetrazole rings is 1. The third-order valence-corrected chi connectivity index (χ3v) is 3.11. The van der Waals surface area contributed by atoms with Crippen LogP contribution in [0.5, 0.6) is 0 Å². The Morgan fingerprint density at radius 2 is 2.28 bits per heavy atom. The van der Waals surface area contributed by atoms with Crippen LogP contribution in [0.2, 0.25) is 0 Å². The van der Waals surface area contributed by atoms with Crippen LogP contribution in [0.1, 0.15) is 44.5 Å². The molecule has 100 valence electrons. The molecule has 1 aromatic rings. The van der Waals surface area contributed by atoms with Gasteiger partial charge in [-0.3, -0.25) is 4.79 Å². The van der Waals surface area contributed by atoms with Crippen LogP contribution in [0.15, 0.2) is 0 Å². The number of nitrogens with one attached hydrogen (secondary N) is 1. The van der Waals surface area contributed by atoms with E-state index in [9.17, 15) is 4.79 Å². The van der Waals surface area contributed by atoms with E-state index in [2.05, 4.69) is 20.8 Å². The average molecular weight is 253 g/mol. The molecule has 1 heterocycles. The van der Waals surface area contributed by atoms with Crippen LogP contribution in [-0.4, -0.2) is 39.3 Å². The Labute approximate surface area is 106 Å². The van der Waals surface area contributed by atoms with Gasteiger partial charge in [-0.05, 0) is 30.2 Å². The van der Waals surface area contributed by atoms with Crippen LogP contribution < -0.4 is 5.32 Å². The number of carbonyl (C=O) groups is 1. The summed E-state index contributed by atoms with van der Waals surface area (Å²) in [6.07, 6.45) is 4.68. The molecule has 1 amide bonds. The van der Waals surface area contributed by atoms with Gasteiger partial charge >= 0.3 is 0 Å². The Bertz CT molecular complexity index is 387. The molecule has 7 nitrogen and oxygen atoms in total. The molecule has 1 aliphatic rings. The van der Waals surface area contributed by atoms with Crippen molar-refractivity contribution in [1.82, 2.24) is 25.5 Å². The van der Waals surface area contributed by atoms with E-state index in [-0.39, 0.29) is 12.5 Å². The molecule has 0 unspecified atom stereocenters. The summed E-state index contributed by atoms with van der Waals surface area (Å²) in [5.74, 6) is 0.574. The monoisotopic (exact) mass is 253 g/mol. The highest BCUT2D eigenvalue weighted by molar-refractivity contribution is 5.77. The molecule has 1 aromatic heterocycles. The van der Waals surface area contributed by atoms with Gasteiger partial charge in [-0.1, -0.05) is 12.8 Å². The lowest BCUT2D eigenvalue weighted by Gasteiger charge is -2.11. The summed E-state index contributed by atoms with van der Waals surface area (Å²) >= 11 is 0. The molecule has 0 atom stereocenters. The van der Waals surface area contributed by atoms with Crippen molar-refractivity contribution in [3.63, 3.8) is 0 Å². The van der Waals surface area contributed by atoms with Crippen LogP contribution in [0, 0.1) is 0 Å². The van der Waals surface area contributed by atoms with Gasteiger partial charge in [-0.15, -0.1) is 5.10 Å². The molecule has 0 bridgehead atoms. The Hall–Kier alpha value is -1.50. The van der Waals surface area contributed by atoms with E-state index in [1.54, 1.807) is 0 Å². The van der Waals surface area contributed by atoms with Crippen molar-refractivity contribution in [2.24, 2.45) is 0 Å². The highest BCUT2D eigenvalue weighted by Crippen LogP contribution is 2.28. The minimum Gasteiger partial charge on any atom is -0.372 e.